The summed E-state index contributed by atoms with van der Waals surface area (Å²) in [5.41, 5.74) is -0.545. The van der Waals surface area contributed by atoms with E-state index in [2.05, 4.69) is 31.4 Å². The van der Waals surface area contributed by atoms with Crippen molar-refractivity contribution in [2.45, 2.75) is 38.0 Å². The minimum absolute atomic E-state index is 0.0145. The summed E-state index contributed by atoms with van der Waals surface area (Å²) < 4.78 is 55.9. The lowest BCUT2D eigenvalue weighted by Crippen LogP contribution is -2.22. The number of carbonyl (C=O) groups is 1. The lowest BCUT2D eigenvalue weighted by molar-refractivity contribution is -0.142. The fourth-order valence-electron chi connectivity index (χ4n) is 3.22. The Morgan fingerprint density at radius 2 is 1.94 bits per heavy atom. The Morgan fingerprint density at radius 3 is 2.56 bits per heavy atom. The van der Waals surface area contributed by atoms with Gasteiger partial charge in [-0.15, -0.1) is 0 Å². The molecule has 6 nitrogen and oxygen atoms in total. The van der Waals surface area contributed by atoms with Crippen molar-refractivity contribution in [3.05, 3.63) is 61.7 Å². The van der Waals surface area contributed by atoms with Crippen LogP contribution in [0.25, 0.3) is 0 Å². The first-order chi connectivity index (χ1) is 15.0. The molecule has 2 aromatic heterocycles. The molecular weight excluding hydrogens is 541 g/mol. The zero-order valence-electron chi connectivity index (χ0n) is 16.1. The van der Waals surface area contributed by atoms with Crippen molar-refractivity contribution in [2.75, 3.05) is 5.32 Å². The second-order valence-corrected chi connectivity index (χ2v) is 8.86. The normalized spacial score (nSPS) is 14.1. The van der Waals surface area contributed by atoms with Crippen LogP contribution in [0.4, 0.5) is 23.4 Å². The van der Waals surface area contributed by atoms with Crippen LogP contribution in [-0.4, -0.2) is 25.5 Å². The molecule has 0 atom stereocenters. The van der Waals surface area contributed by atoms with Gasteiger partial charge in [0.25, 0.3) is 0 Å². The Morgan fingerprint density at radius 1 is 1.22 bits per heavy atom. The Kier molecular flexibility index (Phi) is 6.25. The Hall–Kier alpha value is -2.11. The van der Waals surface area contributed by atoms with E-state index in [0.29, 0.717) is 5.69 Å². The minimum Gasteiger partial charge on any atom is -0.306 e. The predicted octanol–water partition coefficient (Wildman–Crippen LogP) is 5.87. The molecule has 1 aromatic carbocycles. The highest BCUT2D eigenvalue weighted by atomic mass is 79.9. The van der Waals surface area contributed by atoms with E-state index in [-0.39, 0.29) is 38.4 Å². The number of alkyl halides is 3. The standard InChI is InChI=1S/C19H14BrCl2F4N5O/c20-15-16(9-4-5-9)31(28-17(15)19(24,25)26)8-14(32)27-18-12(22)7-30(29-18)6-10-11(21)2-1-3-13(10)23/h1-3,7,9H,4-6,8H2,(H,27,29,32). The monoisotopic (exact) mass is 553 g/mol. The first kappa shape index (κ1) is 23.1. The van der Waals surface area contributed by atoms with Crippen LogP contribution in [-0.2, 0) is 24.1 Å². The van der Waals surface area contributed by atoms with Crippen molar-refractivity contribution >= 4 is 50.9 Å². The second kappa shape index (κ2) is 8.68. The highest BCUT2D eigenvalue weighted by Crippen LogP contribution is 2.47. The van der Waals surface area contributed by atoms with Gasteiger partial charge in [0.05, 0.1) is 16.7 Å². The number of hydrogen-bond acceptors (Lipinski definition) is 3. The molecule has 1 saturated carbocycles. The predicted molar refractivity (Wildman–Crippen MR) is 113 cm³/mol. The number of halogens is 7. The van der Waals surface area contributed by atoms with E-state index in [1.165, 1.54) is 29.1 Å². The molecule has 170 valence electrons. The van der Waals surface area contributed by atoms with E-state index in [4.69, 9.17) is 23.2 Å². The molecular formula is C19H14BrCl2F4N5O. The van der Waals surface area contributed by atoms with E-state index in [0.717, 1.165) is 17.5 Å². The van der Waals surface area contributed by atoms with Gasteiger partial charge < -0.3 is 5.32 Å². The van der Waals surface area contributed by atoms with Crippen molar-refractivity contribution in [1.29, 1.82) is 0 Å². The summed E-state index contributed by atoms with van der Waals surface area (Å²) in [6.07, 6.45) is -1.84. The summed E-state index contributed by atoms with van der Waals surface area (Å²) in [4.78, 5) is 12.5. The topological polar surface area (TPSA) is 64.7 Å². The van der Waals surface area contributed by atoms with Crippen LogP contribution >= 0.6 is 39.1 Å². The van der Waals surface area contributed by atoms with Crippen LogP contribution in [0.15, 0.2) is 28.9 Å². The van der Waals surface area contributed by atoms with E-state index in [1.54, 1.807) is 0 Å². The van der Waals surface area contributed by atoms with Crippen molar-refractivity contribution in [3.63, 3.8) is 0 Å². The molecule has 0 aliphatic heterocycles. The SMILES string of the molecule is O=C(Cn1nc(C(F)(F)F)c(Br)c1C1CC1)Nc1nn(Cc2c(F)cccc2Cl)cc1Cl. The third-order valence-corrected chi connectivity index (χ3v) is 6.23. The lowest BCUT2D eigenvalue weighted by Gasteiger charge is -2.08. The molecule has 0 bridgehead atoms. The van der Waals surface area contributed by atoms with Gasteiger partial charge in [0, 0.05) is 22.7 Å². The third kappa shape index (κ3) is 4.79. The summed E-state index contributed by atoms with van der Waals surface area (Å²) in [5.74, 6) is -1.29. The van der Waals surface area contributed by atoms with Gasteiger partial charge in [-0.25, -0.2) is 4.39 Å². The van der Waals surface area contributed by atoms with E-state index >= 15 is 0 Å². The number of anilines is 1. The van der Waals surface area contributed by atoms with Crippen LogP contribution in [0.3, 0.4) is 0 Å². The molecule has 32 heavy (non-hydrogen) atoms. The minimum atomic E-state index is -4.65. The lowest BCUT2D eigenvalue weighted by atomic mass is 10.2. The molecule has 13 heteroatoms. The number of carbonyl (C=O) groups excluding carboxylic acids is 1. The Bertz CT molecular complexity index is 1170. The molecule has 2 heterocycles. The number of hydrogen-bond donors (Lipinski definition) is 1. The Balaban J connectivity index is 1.51. The highest BCUT2D eigenvalue weighted by molar-refractivity contribution is 9.10. The fourth-order valence-corrected chi connectivity index (χ4v) is 4.47. The average Bonchev–Trinajstić information content (AvgIpc) is 3.38. The number of rotatable bonds is 6. The van der Waals surface area contributed by atoms with E-state index < -0.39 is 30.1 Å². The van der Waals surface area contributed by atoms with Gasteiger partial charge in [0.2, 0.25) is 5.91 Å². The molecule has 0 saturated heterocycles. The molecule has 1 N–H and O–H groups in total. The molecule has 1 fully saturated rings. The fraction of sp³-hybridized carbons (Fsp3) is 0.316. The van der Waals surface area contributed by atoms with Crippen molar-refractivity contribution in [1.82, 2.24) is 19.6 Å². The van der Waals surface area contributed by atoms with Gasteiger partial charge in [-0.1, -0.05) is 29.3 Å². The number of nitrogens with zero attached hydrogens (tertiary/aromatic N) is 4. The maximum Gasteiger partial charge on any atom is 0.436 e. The van der Waals surface area contributed by atoms with Gasteiger partial charge >= 0.3 is 6.18 Å². The molecule has 0 unspecified atom stereocenters. The van der Waals surface area contributed by atoms with Gasteiger partial charge in [-0.05, 0) is 40.9 Å². The molecule has 1 aliphatic carbocycles. The summed E-state index contributed by atoms with van der Waals surface area (Å²) in [7, 11) is 0. The Labute approximate surface area is 197 Å². The molecule has 4 rings (SSSR count). The smallest absolute Gasteiger partial charge is 0.306 e. The first-order valence-electron chi connectivity index (χ1n) is 9.33. The van der Waals surface area contributed by atoms with E-state index in [9.17, 15) is 22.4 Å². The summed E-state index contributed by atoms with van der Waals surface area (Å²) in [5, 5.41) is 10.4. The summed E-state index contributed by atoms with van der Waals surface area (Å²) in [6.45, 7) is -0.489. The molecule has 0 spiro atoms. The maximum absolute atomic E-state index is 14.0. The number of amides is 1. The van der Waals surface area contributed by atoms with Crippen LogP contribution < -0.4 is 5.32 Å². The van der Waals surface area contributed by atoms with Crippen LogP contribution in [0.5, 0.6) is 0 Å². The molecule has 0 radical (unpaired) electrons. The molecule has 1 amide bonds. The van der Waals surface area contributed by atoms with E-state index in [1.807, 2.05) is 0 Å². The van der Waals surface area contributed by atoms with Crippen LogP contribution in [0.2, 0.25) is 10.0 Å². The zero-order chi connectivity index (χ0) is 23.2. The van der Waals surface area contributed by atoms with Crippen molar-refractivity contribution < 1.29 is 22.4 Å². The summed E-state index contributed by atoms with van der Waals surface area (Å²) >= 11 is 15.1. The number of nitrogens with one attached hydrogen (secondary N) is 1. The van der Waals surface area contributed by atoms with Gasteiger partial charge in [-0.2, -0.15) is 23.4 Å². The average molecular weight is 555 g/mol. The van der Waals surface area contributed by atoms with Gasteiger partial charge in [0.15, 0.2) is 11.5 Å². The van der Waals surface area contributed by atoms with Gasteiger partial charge in [0.1, 0.15) is 17.4 Å². The van der Waals surface area contributed by atoms with Crippen LogP contribution in [0, 0.1) is 5.82 Å². The van der Waals surface area contributed by atoms with Crippen LogP contribution in [0.1, 0.15) is 35.7 Å². The van der Waals surface area contributed by atoms with Crippen molar-refractivity contribution in [2.24, 2.45) is 0 Å². The quantitative estimate of drug-likeness (QED) is 0.387. The highest BCUT2D eigenvalue weighted by Gasteiger charge is 2.42. The number of benzene rings is 1. The molecule has 1 aliphatic rings. The summed E-state index contributed by atoms with van der Waals surface area (Å²) in [6, 6.07) is 4.25. The largest absolute Gasteiger partial charge is 0.436 e. The maximum atomic E-state index is 14.0. The van der Waals surface area contributed by atoms with Gasteiger partial charge in [-0.3, -0.25) is 14.2 Å². The second-order valence-electron chi connectivity index (χ2n) is 7.25. The third-order valence-electron chi connectivity index (χ3n) is 4.81. The first-order valence-corrected chi connectivity index (χ1v) is 10.9. The zero-order valence-corrected chi connectivity index (χ0v) is 19.2. The number of aromatic nitrogens is 4. The molecule has 3 aromatic rings. The van der Waals surface area contributed by atoms with Crippen molar-refractivity contribution in [3.8, 4) is 0 Å².